The van der Waals surface area contributed by atoms with E-state index in [4.69, 9.17) is 10.2 Å². The SMILES string of the molecule is Cc1nc(C(=O)Nc2ccc(F)c(C3(C)N=C(N)CC3C(F)(F)F)c2)co1. The highest BCUT2D eigenvalue weighted by molar-refractivity contribution is 6.02. The van der Waals surface area contributed by atoms with Gasteiger partial charge in [-0.15, -0.1) is 0 Å². The molecule has 0 aliphatic carbocycles. The Morgan fingerprint density at radius 1 is 1.41 bits per heavy atom. The molecule has 0 saturated carbocycles. The van der Waals surface area contributed by atoms with Crippen molar-refractivity contribution in [1.82, 2.24) is 4.98 Å². The molecule has 1 aromatic heterocycles. The van der Waals surface area contributed by atoms with Crippen LogP contribution in [-0.4, -0.2) is 22.9 Å². The summed E-state index contributed by atoms with van der Waals surface area (Å²) in [4.78, 5) is 19.9. The summed E-state index contributed by atoms with van der Waals surface area (Å²) in [6.07, 6.45) is -4.00. The molecule has 2 heterocycles. The third-order valence-corrected chi connectivity index (χ3v) is 4.48. The van der Waals surface area contributed by atoms with Crippen molar-refractivity contribution in [2.75, 3.05) is 5.32 Å². The molecule has 3 rings (SSSR count). The smallest absolute Gasteiger partial charge is 0.394 e. The van der Waals surface area contributed by atoms with Crippen LogP contribution in [0.1, 0.15) is 35.3 Å². The maximum Gasteiger partial charge on any atom is 0.394 e. The Balaban J connectivity index is 1.96. The average molecular weight is 384 g/mol. The fourth-order valence-corrected chi connectivity index (χ4v) is 3.17. The van der Waals surface area contributed by atoms with Gasteiger partial charge < -0.3 is 15.5 Å². The second-order valence-corrected chi connectivity index (χ2v) is 6.45. The molecule has 0 fully saturated rings. The van der Waals surface area contributed by atoms with Gasteiger partial charge in [-0.05, 0) is 25.1 Å². The van der Waals surface area contributed by atoms with Crippen LogP contribution in [0.25, 0.3) is 0 Å². The molecule has 3 N–H and O–H groups in total. The van der Waals surface area contributed by atoms with Gasteiger partial charge in [0.15, 0.2) is 11.6 Å². The number of alkyl halides is 3. The number of carbonyl (C=O) groups is 1. The summed E-state index contributed by atoms with van der Waals surface area (Å²) >= 11 is 0. The maximum absolute atomic E-state index is 14.4. The Kier molecular flexibility index (Phi) is 4.44. The lowest BCUT2D eigenvalue weighted by atomic mass is 9.79. The molecule has 27 heavy (non-hydrogen) atoms. The summed E-state index contributed by atoms with van der Waals surface area (Å²) in [6, 6.07) is 3.33. The quantitative estimate of drug-likeness (QED) is 0.792. The molecule has 6 nitrogen and oxygen atoms in total. The topological polar surface area (TPSA) is 93.5 Å². The van der Waals surface area contributed by atoms with Crippen LogP contribution in [0, 0.1) is 18.7 Å². The first-order valence-electron chi connectivity index (χ1n) is 7.95. The number of hydrogen-bond acceptors (Lipinski definition) is 5. The zero-order chi connectivity index (χ0) is 20.0. The van der Waals surface area contributed by atoms with Crippen molar-refractivity contribution in [3.05, 3.63) is 47.4 Å². The van der Waals surface area contributed by atoms with E-state index in [0.717, 1.165) is 18.4 Å². The van der Waals surface area contributed by atoms with E-state index in [2.05, 4.69) is 15.3 Å². The van der Waals surface area contributed by atoms with Gasteiger partial charge in [0.05, 0.1) is 17.3 Å². The minimum atomic E-state index is -4.62. The molecule has 1 amide bonds. The van der Waals surface area contributed by atoms with Gasteiger partial charge in [-0.1, -0.05) is 0 Å². The Morgan fingerprint density at radius 3 is 2.70 bits per heavy atom. The van der Waals surface area contributed by atoms with Gasteiger partial charge in [-0.2, -0.15) is 13.2 Å². The monoisotopic (exact) mass is 384 g/mol. The highest BCUT2D eigenvalue weighted by Gasteiger charge is 2.56. The highest BCUT2D eigenvalue weighted by atomic mass is 19.4. The summed E-state index contributed by atoms with van der Waals surface area (Å²) in [5.41, 5.74) is 3.37. The summed E-state index contributed by atoms with van der Waals surface area (Å²) < 4.78 is 59.7. The zero-order valence-electron chi connectivity index (χ0n) is 14.4. The largest absolute Gasteiger partial charge is 0.448 e. The number of amidine groups is 1. The molecule has 0 spiro atoms. The van der Waals surface area contributed by atoms with Gasteiger partial charge in [-0.3, -0.25) is 9.79 Å². The van der Waals surface area contributed by atoms with Crippen molar-refractivity contribution in [2.45, 2.75) is 32.0 Å². The van der Waals surface area contributed by atoms with Crippen molar-refractivity contribution < 1.29 is 26.8 Å². The van der Waals surface area contributed by atoms with Gasteiger partial charge in [0.25, 0.3) is 5.91 Å². The Labute approximate surface area is 151 Å². The lowest BCUT2D eigenvalue weighted by molar-refractivity contribution is -0.187. The zero-order valence-corrected chi connectivity index (χ0v) is 14.4. The first-order valence-corrected chi connectivity index (χ1v) is 7.95. The molecule has 2 atom stereocenters. The van der Waals surface area contributed by atoms with E-state index < -0.39 is 35.8 Å². The molecule has 10 heteroatoms. The van der Waals surface area contributed by atoms with E-state index in [9.17, 15) is 22.4 Å². The minimum absolute atomic E-state index is 0.0131. The maximum atomic E-state index is 14.4. The molecule has 1 aromatic carbocycles. The van der Waals surface area contributed by atoms with Gasteiger partial charge in [0.2, 0.25) is 0 Å². The van der Waals surface area contributed by atoms with Crippen LogP contribution in [0.15, 0.2) is 33.9 Å². The van der Waals surface area contributed by atoms with Crippen molar-refractivity contribution in [3.8, 4) is 0 Å². The van der Waals surface area contributed by atoms with E-state index in [1.807, 2.05) is 0 Å². The second-order valence-electron chi connectivity index (χ2n) is 6.45. The Hall–Kier alpha value is -2.91. The van der Waals surface area contributed by atoms with Crippen molar-refractivity contribution in [3.63, 3.8) is 0 Å². The molecular formula is C17H16F4N4O2. The summed E-state index contributed by atoms with van der Waals surface area (Å²) in [7, 11) is 0. The number of hydrogen-bond donors (Lipinski definition) is 2. The average Bonchev–Trinajstić information content (AvgIpc) is 3.12. The van der Waals surface area contributed by atoms with Crippen molar-refractivity contribution >= 4 is 17.4 Å². The summed E-state index contributed by atoms with van der Waals surface area (Å²) in [6.45, 7) is 2.73. The summed E-state index contributed by atoms with van der Waals surface area (Å²) in [5, 5.41) is 2.46. The molecule has 0 radical (unpaired) electrons. The van der Waals surface area contributed by atoms with E-state index in [1.54, 1.807) is 6.92 Å². The number of aryl methyl sites for hydroxylation is 1. The minimum Gasteiger partial charge on any atom is -0.448 e. The van der Waals surface area contributed by atoms with Crippen LogP contribution in [0.4, 0.5) is 23.2 Å². The number of carbonyl (C=O) groups excluding carboxylic acids is 1. The fourth-order valence-electron chi connectivity index (χ4n) is 3.17. The predicted molar refractivity (Wildman–Crippen MR) is 88.7 cm³/mol. The number of nitrogens with two attached hydrogens (primary N) is 1. The number of benzene rings is 1. The number of halogens is 4. The molecule has 1 aliphatic heterocycles. The summed E-state index contributed by atoms with van der Waals surface area (Å²) in [5.74, 6) is -3.41. The number of anilines is 1. The van der Waals surface area contributed by atoms with Crippen LogP contribution in [0.3, 0.4) is 0 Å². The fraction of sp³-hybridized carbons (Fsp3) is 0.353. The van der Waals surface area contributed by atoms with Crippen LogP contribution in [-0.2, 0) is 5.54 Å². The lowest BCUT2D eigenvalue weighted by Crippen LogP contribution is -2.38. The molecular weight excluding hydrogens is 368 g/mol. The third-order valence-electron chi connectivity index (χ3n) is 4.48. The van der Waals surface area contributed by atoms with E-state index in [0.29, 0.717) is 0 Å². The molecule has 0 bridgehead atoms. The number of rotatable bonds is 3. The third kappa shape index (κ3) is 3.51. The van der Waals surface area contributed by atoms with Gasteiger partial charge >= 0.3 is 6.18 Å². The normalized spacial score (nSPS) is 22.6. The van der Waals surface area contributed by atoms with Crippen LogP contribution >= 0.6 is 0 Å². The highest BCUT2D eigenvalue weighted by Crippen LogP contribution is 2.49. The predicted octanol–water partition coefficient (Wildman–Crippen LogP) is 3.53. The van der Waals surface area contributed by atoms with Crippen LogP contribution in [0.2, 0.25) is 0 Å². The van der Waals surface area contributed by atoms with E-state index in [1.165, 1.54) is 13.0 Å². The van der Waals surface area contributed by atoms with E-state index in [-0.39, 0.29) is 28.7 Å². The molecule has 1 aliphatic rings. The Bertz CT molecular complexity index is 922. The van der Waals surface area contributed by atoms with Crippen LogP contribution < -0.4 is 11.1 Å². The number of nitrogens with one attached hydrogen (secondary N) is 1. The second kappa shape index (κ2) is 6.36. The number of oxazole rings is 1. The van der Waals surface area contributed by atoms with E-state index >= 15 is 0 Å². The standard InChI is InChI=1S/C17H16F4N4O2/c1-8-23-12(7-27-8)15(26)24-9-3-4-11(18)10(5-9)16(2)13(17(19,20)21)6-14(22)25-16/h3-5,7,13H,6H2,1-2H3,(H2,22,25)(H,24,26). The van der Waals surface area contributed by atoms with Crippen molar-refractivity contribution in [1.29, 1.82) is 0 Å². The number of amides is 1. The molecule has 2 unspecified atom stereocenters. The molecule has 2 aromatic rings. The molecule has 0 saturated heterocycles. The first kappa shape index (κ1) is 18.9. The number of aromatic nitrogens is 1. The number of nitrogens with zero attached hydrogens (tertiary/aromatic N) is 2. The van der Waals surface area contributed by atoms with Gasteiger partial charge in [0, 0.05) is 24.6 Å². The lowest BCUT2D eigenvalue weighted by Gasteiger charge is -2.31. The molecule has 144 valence electrons. The van der Waals surface area contributed by atoms with Gasteiger partial charge in [0.1, 0.15) is 12.1 Å². The first-order chi connectivity index (χ1) is 12.5. The number of aliphatic imine (C=N–C) groups is 1. The van der Waals surface area contributed by atoms with Crippen molar-refractivity contribution in [2.24, 2.45) is 16.6 Å². The van der Waals surface area contributed by atoms with Crippen LogP contribution in [0.5, 0.6) is 0 Å². The Morgan fingerprint density at radius 2 is 2.11 bits per heavy atom. The van der Waals surface area contributed by atoms with Gasteiger partial charge in [-0.25, -0.2) is 9.37 Å².